The van der Waals surface area contributed by atoms with Gasteiger partial charge < -0.3 is 20.1 Å². The average Bonchev–Trinajstić information content (AvgIpc) is 2.68. The van der Waals surface area contributed by atoms with Crippen LogP contribution in [0.3, 0.4) is 0 Å². The molecule has 2 aromatic heterocycles. The van der Waals surface area contributed by atoms with Gasteiger partial charge in [0, 0.05) is 28.0 Å². The molecule has 0 spiro atoms. The zero-order valence-corrected chi connectivity index (χ0v) is 16.6. The Bertz CT molecular complexity index is 692. The lowest BCUT2D eigenvalue weighted by molar-refractivity contribution is 0.115. The second-order valence-electron chi connectivity index (χ2n) is 5.88. The minimum atomic E-state index is -0.411. The van der Waals surface area contributed by atoms with Crippen LogP contribution in [0.4, 0.5) is 9.59 Å². The smallest absolute Gasteiger partial charge is 0.407 e. The largest absolute Gasteiger partial charge is 0.450 e. The highest BCUT2D eigenvalue weighted by Crippen LogP contribution is 1.96. The fourth-order valence-corrected chi connectivity index (χ4v) is 1.96. The van der Waals surface area contributed by atoms with Crippen LogP contribution < -0.4 is 10.6 Å². The Labute approximate surface area is 168 Å². The van der Waals surface area contributed by atoms with Gasteiger partial charge in [-0.2, -0.15) is 0 Å². The lowest BCUT2D eigenvalue weighted by atomic mass is 10.2. The highest BCUT2D eigenvalue weighted by Gasteiger charge is 2.03. The van der Waals surface area contributed by atoms with E-state index in [1.165, 1.54) is 0 Å². The second kappa shape index (κ2) is 14.0. The summed E-state index contributed by atoms with van der Waals surface area (Å²) in [5, 5.41) is 5.26. The molecule has 0 aliphatic carbocycles. The molecule has 0 bridgehead atoms. The number of hydrogen-bond donors (Lipinski definition) is 2. The van der Waals surface area contributed by atoms with E-state index < -0.39 is 6.09 Å². The van der Waals surface area contributed by atoms with Gasteiger partial charge in [0.05, 0.1) is 24.9 Å². The monoisotopic (exact) mass is 392 g/mol. The third-order valence-corrected chi connectivity index (χ3v) is 3.19. The predicted octanol–water partition coefficient (Wildman–Crippen LogP) is 3.58. The predicted molar refractivity (Wildman–Crippen MR) is 110 cm³/mol. The molecule has 2 amide bonds. The first-order valence-corrected chi connectivity index (χ1v) is 9.15. The molecular formula is C20H32N4O4. The van der Waals surface area contributed by atoms with E-state index >= 15 is 0 Å². The number of hydrogen-bond acceptors (Lipinski definition) is 6. The maximum atomic E-state index is 11.1. The summed E-state index contributed by atoms with van der Waals surface area (Å²) < 4.78 is 9.61. The molecule has 8 heteroatoms. The van der Waals surface area contributed by atoms with Crippen LogP contribution in [0.15, 0.2) is 48.9 Å². The first-order valence-electron chi connectivity index (χ1n) is 9.15. The minimum absolute atomic E-state index is 0. The molecule has 0 fully saturated rings. The van der Waals surface area contributed by atoms with Crippen molar-refractivity contribution in [3.63, 3.8) is 0 Å². The summed E-state index contributed by atoms with van der Waals surface area (Å²) in [4.78, 5) is 29.9. The fourth-order valence-electron chi connectivity index (χ4n) is 1.96. The number of rotatable bonds is 7. The van der Waals surface area contributed by atoms with Gasteiger partial charge in [-0.05, 0) is 57.0 Å². The number of alkyl carbamates (subject to hydrolysis) is 2. The summed E-state index contributed by atoms with van der Waals surface area (Å²) in [6.45, 7) is 6.78. The van der Waals surface area contributed by atoms with Crippen molar-refractivity contribution in [2.24, 2.45) is 0 Å². The molecule has 0 aromatic carbocycles. The van der Waals surface area contributed by atoms with Crippen LogP contribution in [0.5, 0.6) is 0 Å². The SMILES string of the molecule is CC(C)OC(=O)NCc1ccccn1.CCOC(=O)NCCc1ccncc1.[HH].[HH]. The van der Waals surface area contributed by atoms with E-state index in [0.29, 0.717) is 19.7 Å². The quantitative estimate of drug-likeness (QED) is 0.747. The van der Waals surface area contributed by atoms with Gasteiger partial charge in [0.15, 0.2) is 0 Å². The first-order chi connectivity index (χ1) is 13.5. The molecule has 2 N–H and O–H groups in total. The van der Waals surface area contributed by atoms with Gasteiger partial charge in [-0.1, -0.05) is 6.07 Å². The molecule has 2 heterocycles. The highest BCUT2D eigenvalue weighted by molar-refractivity contribution is 5.67. The summed E-state index contributed by atoms with van der Waals surface area (Å²) in [5.74, 6) is 0. The Morgan fingerprint density at radius 1 is 1.07 bits per heavy atom. The lowest BCUT2D eigenvalue weighted by Gasteiger charge is -2.08. The molecule has 8 nitrogen and oxygen atoms in total. The number of pyridine rings is 2. The summed E-state index contributed by atoms with van der Waals surface area (Å²) in [5.41, 5.74) is 1.96. The summed E-state index contributed by atoms with van der Waals surface area (Å²) in [7, 11) is 0. The number of amides is 2. The van der Waals surface area contributed by atoms with Crippen molar-refractivity contribution in [1.82, 2.24) is 20.6 Å². The first kappa shape index (κ1) is 22.9. The Morgan fingerprint density at radius 2 is 1.82 bits per heavy atom. The fraction of sp³-hybridized carbons (Fsp3) is 0.400. The third-order valence-electron chi connectivity index (χ3n) is 3.19. The van der Waals surface area contributed by atoms with Crippen LogP contribution in [0, 0.1) is 0 Å². The van der Waals surface area contributed by atoms with Gasteiger partial charge in [-0.15, -0.1) is 0 Å². The van der Waals surface area contributed by atoms with Crippen molar-refractivity contribution in [2.75, 3.05) is 13.2 Å². The third kappa shape index (κ3) is 11.5. The molecule has 0 saturated carbocycles. The van der Waals surface area contributed by atoms with Gasteiger partial charge in [0.25, 0.3) is 0 Å². The van der Waals surface area contributed by atoms with E-state index in [1.54, 1.807) is 39.4 Å². The zero-order valence-electron chi connectivity index (χ0n) is 16.6. The number of carbonyl (C=O) groups is 2. The molecular weight excluding hydrogens is 360 g/mol. The van der Waals surface area contributed by atoms with E-state index in [1.807, 2.05) is 30.3 Å². The molecule has 0 saturated heterocycles. The Hall–Kier alpha value is -3.16. The maximum Gasteiger partial charge on any atom is 0.407 e. The Balaban J connectivity index is 0. The highest BCUT2D eigenvalue weighted by atomic mass is 16.6. The molecule has 0 radical (unpaired) electrons. The lowest BCUT2D eigenvalue weighted by Crippen LogP contribution is -2.26. The van der Waals surface area contributed by atoms with E-state index in [0.717, 1.165) is 17.7 Å². The van der Waals surface area contributed by atoms with Gasteiger partial charge in [-0.25, -0.2) is 9.59 Å². The van der Waals surface area contributed by atoms with Crippen molar-refractivity contribution in [2.45, 2.75) is 39.8 Å². The van der Waals surface area contributed by atoms with E-state index in [-0.39, 0.29) is 15.1 Å². The van der Waals surface area contributed by atoms with E-state index in [4.69, 9.17) is 9.47 Å². The van der Waals surface area contributed by atoms with Gasteiger partial charge in [-0.3, -0.25) is 9.97 Å². The molecule has 0 aliphatic heterocycles. The summed E-state index contributed by atoms with van der Waals surface area (Å²) >= 11 is 0. The zero-order chi connectivity index (χ0) is 20.6. The van der Waals surface area contributed by atoms with Crippen LogP contribution >= 0.6 is 0 Å². The minimum Gasteiger partial charge on any atom is -0.450 e. The topological polar surface area (TPSA) is 102 Å². The molecule has 0 unspecified atom stereocenters. The van der Waals surface area contributed by atoms with Crippen molar-refractivity contribution >= 4 is 12.2 Å². The maximum absolute atomic E-state index is 11.1. The Kier molecular flexibility index (Phi) is 11.4. The number of ether oxygens (including phenoxy) is 2. The molecule has 2 aromatic rings. The molecule has 0 atom stereocenters. The number of nitrogens with zero attached hydrogens (tertiary/aromatic N) is 2. The standard InChI is InChI=1S/2C10H14N2O2.2H2/c1-8(2)14-10(13)12-7-9-5-3-4-6-11-9;1-2-14-10(13)12-8-5-9-3-6-11-7-4-9;;/h3-6,8H,7H2,1-2H3,(H,12,13);3-4,6-7H,2,5,8H2,1H3,(H,12,13);2*1H. The summed E-state index contributed by atoms with van der Waals surface area (Å²) in [6.07, 6.45) is 5.08. The number of carbonyl (C=O) groups excluding carboxylic acids is 2. The van der Waals surface area contributed by atoms with Crippen molar-refractivity contribution in [1.29, 1.82) is 0 Å². The van der Waals surface area contributed by atoms with Gasteiger partial charge >= 0.3 is 12.2 Å². The van der Waals surface area contributed by atoms with Crippen LogP contribution in [0.25, 0.3) is 0 Å². The molecule has 156 valence electrons. The Morgan fingerprint density at radius 3 is 2.43 bits per heavy atom. The van der Waals surface area contributed by atoms with Crippen molar-refractivity contribution in [3.05, 3.63) is 60.2 Å². The van der Waals surface area contributed by atoms with Crippen LogP contribution in [0.1, 0.15) is 34.9 Å². The average molecular weight is 393 g/mol. The van der Waals surface area contributed by atoms with Crippen LogP contribution in [-0.4, -0.2) is 41.4 Å². The van der Waals surface area contributed by atoms with E-state index in [2.05, 4.69) is 20.6 Å². The van der Waals surface area contributed by atoms with Crippen LogP contribution in [0.2, 0.25) is 0 Å². The second-order valence-corrected chi connectivity index (χ2v) is 5.88. The molecule has 2 rings (SSSR count). The summed E-state index contributed by atoms with van der Waals surface area (Å²) in [6, 6.07) is 9.39. The normalized spacial score (nSPS) is 9.71. The molecule has 28 heavy (non-hydrogen) atoms. The van der Waals surface area contributed by atoms with Crippen molar-refractivity contribution in [3.8, 4) is 0 Å². The number of nitrogens with one attached hydrogen (secondary N) is 2. The van der Waals surface area contributed by atoms with Gasteiger partial charge in [0.1, 0.15) is 0 Å². The van der Waals surface area contributed by atoms with Crippen molar-refractivity contribution < 1.29 is 21.9 Å². The molecule has 0 aliphatic rings. The van der Waals surface area contributed by atoms with Crippen LogP contribution in [-0.2, 0) is 22.4 Å². The van der Waals surface area contributed by atoms with Gasteiger partial charge in [0.2, 0.25) is 0 Å². The number of aromatic nitrogens is 2. The van der Waals surface area contributed by atoms with E-state index in [9.17, 15) is 9.59 Å².